The lowest BCUT2D eigenvalue weighted by Crippen LogP contribution is -2.48. The SMILES string of the molecule is C[C@]12CCC(=O)N1[C@@H](C(=O)Nc1ccc(-c3nc4ccccc4[nH]3)cc1)CS2. The van der Waals surface area contributed by atoms with Crippen molar-refractivity contribution >= 4 is 40.3 Å². The van der Waals surface area contributed by atoms with E-state index in [4.69, 9.17) is 0 Å². The topological polar surface area (TPSA) is 78.1 Å². The van der Waals surface area contributed by atoms with Gasteiger partial charge in [-0.15, -0.1) is 11.8 Å². The number of rotatable bonds is 3. The third-order valence-corrected chi connectivity index (χ3v) is 7.07. The molecule has 2 N–H and O–H groups in total. The van der Waals surface area contributed by atoms with E-state index in [0.717, 1.165) is 34.5 Å². The zero-order chi connectivity index (χ0) is 19.3. The Bertz CT molecular complexity index is 1040. The van der Waals surface area contributed by atoms with E-state index in [2.05, 4.69) is 22.2 Å². The summed E-state index contributed by atoms with van der Waals surface area (Å²) in [5.74, 6) is 1.39. The standard InChI is InChI=1S/C21H20N4O2S/c1-21-11-10-18(26)25(21)17(12-28-21)20(27)22-14-8-6-13(7-9-14)19-23-15-4-2-3-5-16(15)24-19/h2-9,17H,10-12H2,1H3,(H,22,27)(H,23,24)/t17-,21+/m1/s1. The average Bonchev–Trinajstić information content (AvgIpc) is 3.35. The van der Waals surface area contributed by atoms with Crippen molar-refractivity contribution in [1.29, 1.82) is 0 Å². The van der Waals surface area contributed by atoms with E-state index in [1.807, 2.05) is 48.5 Å². The molecule has 6 nitrogen and oxygen atoms in total. The van der Waals surface area contributed by atoms with Crippen molar-refractivity contribution in [2.45, 2.75) is 30.7 Å². The molecule has 2 aromatic carbocycles. The van der Waals surface area contributed by atoms with Gasteiger partial charge in [0, 0.05) is 23.4 Å². The number of fused-ring (bicyclic) bond motifs is 2. The molecular weight excluding hydrogens is 372 g/mol. The Morgan fingerprint density at radius 3 is 2.82 bits per heavy atom. The van der Waals surface area contributed by atoms with Gasteiger partial charge >= 0.3 is 0 Å². The second-order valence-electron chi connectivity index (χ2n) is 7.43. The molecule has 5 rings (SSSR count). The predicted molar refractivity (Wildman–Crippen MR) is 111 cm³/mol. The van der Waals surface area contributed by atoms with Crippen LogP contribution in [0, 0.1) is 0 Å². The first-order valence-corrected chi connectivity index (χ1v) is 10.3. The summed E-state index contributed by atoms with van der Waals surface area (Å²) in [5.41, 5.74) is 3.59. The molecule has 7 heteroatoms. The number of carbonyl (C=O) groups excluding carboxylic acids is 2. The maximum absolute atomic E-state index is 12.8. The number of anilines is 1. The molecule has 2 saturated heterocycles. The minimum Gasteiger partial charge on any atom is -0.338 e. The number of hydrogen-bond acceptors (Lipinski definition) is 4. The quantitative estimate of drug-likeness (QED) is 0.714. The fraction of sp³-hybridized carbons (Fsp3) is 0.286. The number of aromatic nitrogens is 2. The third-order valence-electron chi connectivity index (χ3n) is 5.56. The van der Waals surface area contributed by atoms with E-state index in [0.29, 0.717) is 12.2 Å². The van der Waals surface area contributed by atoms with Crippen LogP contribution in [-0.4, -0.2) is 43.3 Å². The summed E-state index contributed by atoms with van der Waals surface area (Å²) >= 11 is 1.70. The molecule has 0 saturated carbocycles. The minimum absolute atomic E-state index is 0.0767. The number of H-pyrrole nitrogens is 1. The van der Waals surface area contributed by atoms with Gasteiger partial charge in [-0.1, -0.05) is 12.1 Å². The Balaban J connectivity index is 1.32. The van der Waals surface area contributed by atoms with Crippen LogP contribution in [0.15, 0.2) is 48.5 Å². The maximum atomic E-state index is 12.8. The van der Waals surface area contributed by atoms with Gasteiger partial charge in [0.1, 0.15) is 11.9 Å². The Morgan fingerprint density at radius 2 is 2.04 bits per heavy atom. The van der Waals surface area contributed by atoms with Crippen LogP contribution < -0.4 is 5.32 Å². The number of aromatic amines is 1. The van der Waals surface area contributed by atoms with Crippen LogP contribution >= 0.6 is 11.8 Å². The summed E-state index contributed by atoms with van der Waals surface area (Å²) in [5, 5.41) is 2.96. The lowest BCUT2D eigenvalue weighted by molar-refractivity contribution is -0.135. The van der Waals surface area contributed by atoms with Gasteiger partial charge in [-0.3, -0.25) is 9.59 Å². The summed E-state index contributed by atoms with van der Waals surface area (Å²) < 4.78 is 0. The van der Waals surface area contributed by atoms with E-state index in [9.17, 15) is 9.59 Å². The molecule has 0 aliphatic carbocycles. The molecule has 28 heavy (non-hydrogen) atoms. The van der Waals surface area contributed by atoms with Crippen LogP contribution in [0.3, 0.4) is 0 Å². The number of benzene rings is 2. The lowest BCUT2D eigenvalue weighted by atomic mass is 10.1. The van der Waals surface area contributed by atoms with Crippen molar-refractivity contribution in [2.75, 3.05) is 11.1 Å². The van der Waals surface area contributed by atoms with Crippen molar-refractivity contribution in [3.63, 3.8) is 0 Å². The monoisotopic (exact) mass is 392 g/mol. The number of carbonyl (C=O) groups is 2. The van der Waals surface area contributed by atoms with E-state index in [1.165, 1.54) is 0 Å². The largest absolute Gasteiger partial charge is 0.338 e. The highest BCUT2D eigenvalue weighted by molar-refractivity contribution is 8.01. The van der Waals surface area contributed by atoms with E-state index >= 15 is 0 Å². The molecule has 2 aliphatic rings. The molecule has 3 heterocycles. The molecule has 0 unspecified atom stereocenters. The molecule has 2 amide bonds. The van der Waals surface area contributed by atoms with Gasteiger partial charge in [-0.2, -0.15) is 0 Å². The highest BCUT2D eigenvalue weighted by Gasteiger charge is 2.52. The smallest absolute Gasteiger partial charge is 0.248 e. The van der Waals surface area contributed by atoms with Crippen molar-refractivity contribution in [3.8, 4) is 11.4 Å². The Labute approximate surface area is 166 Å². The molecule has 1 aromatic heterocycles. The number of imidazole rings is 1. The van der Waals surface area contributed by atoms with Crippen LogP contribution in [0.1, 0.15) is 19.8 Å². The normalized spacial score (nSPS) is 24.0. The van der Waals surface area contributed by atoms with Crippen LogP contribution in [0.5, 0.6) is 0 Å². The summed E-state index contributed by atoms with van der Waals surface area (Å²) in [4.78, 5) is 34.5. The summed E-state index contributed by atoms with van der Waals surface area (Å²) in [6.07, 6.45) is 1.34. The summed E-state index contributed by atoms with van der Waals surface area (Å²) in [6.45, 7) is 2.05. The van der Waals surface area contributed by atoms with E-state index in [-0.39, 0.29) is 16.7 Å². The first-order valence-electron chi connectivity index (χ1n) is 9.36. The predicted octanol–water partition coefficient (Wildman–Crippen LogP) is 3.62. The van der Waals surface area contributed by atoms with Gasteiger partial charge in [0.15, 0.2) is 0 Å². The number of hydrogen-bond donors (Lipinski definition) is 2. The molecular formula is C21H20N4O2S. The number of thioether (sulfide) groups is 1. The zero-order valence-corrected chi connectivity index (χ0v) is 16.3. The van der Waals surface area contributed by atoms with Gasteiger partial charge in [0.25, 0.3) is 0 Å². The number of amides is 2. The molecule has 3 aromatic rings. The first-order chi connectivity index (χ1) is 13.5. The highest BCUT2D eigenvalue weighted by atomic mass is 32.2. The van der Waals surface area contributed by atoms with Crippen molar-refractivity contribution < 1.29 is 9.59 Å². The third kappa shape index (κ3) is 2.77. The second-order valence-corrected chi connectivity index (χ2v) is 8.94. The number of para-hydroxylation sites is 2. The molecule has 0 spiro atoms. The van der Waals surface area contributed by atoms with Crippen LogP contribution in [0.4, 0.5) is 5.69 Å². The molecule has 0 radical (unpaired) electrons. The van der Waals surface area contributed by atoms with Gasteiger partial charge in [0.05, 0.1) is 15.9 Å². The maximum Gasteiger partial charge on any atom is 0.248 e. The van der Waals surface area contributed by atoms with Gasteiger partial charge < -0.3 is 15.2 Å². The molecule has 142 valence electrons. The number of nitrogens with one attached hydrogen (secondary N) is 2. The molecule has 2 fully saturated rings. The lowest BCUT2D eigenvalue weighted by Gasteiger charge is -2.29. The molecule has 0 bridgehead atoms. The van der Waals surface area contributed by atoms with E-state index < -0.39 is 6.04 Å². The summed E-state index contributed by atoms with van der Waals surface area (Å²) in [6, 6.07) is 15.1. The Hall–Kier alpha value is -2.80. The summed E-state index contributed by atoms with van der Waals surface area (Å²) in [7, 11) is 0. The van der Waals surface area contributed by atoms with Crippen LogP contribution in [-0.2, 0) is 9.59 Å². The van der Waals surface area contributed by atoms with Crippen molar-refractivity contribution in [2.24, 2.45) is 0 Å². The minimum atomic E-state index is -0.403. The average molecular weight is 392 g/mol. The second kappa shape index (κ2) is 6.38. The Morgan fingerprint density at radius 1 is 1.25 bits per heavy atom. The van der Waals surface area contributed by atoms with Gasteiger partial charge in [0.2, 0.25) is 11.8 Å². The zero-order valence-electron chi connectivity index (χ0n) is 15.4. The highest BCUT2D eigenvalue weighted by Crippen LogP contribution is 2.47. The van der Waals surface area contributed by atoms with E-state index in [1.54, 1.807) is 16.7 Å². The Kier molecular flexibility index (Phi) is 3.94. The van der Waals surface area contributed by atoms with Gasteiger partial charge in [-0.25, -0.2) is 4.98 Å². The van der Waals surface area contributed by atoms with Crippen LogP contribution in [0.25, 0.3) is 22.4 Å². The number of nitrogens with zero attached hydrogens (tertiary/aromatic N) is 2. The fourth-order valence-electron chi connectivity index (χ4n) is 4.04. The molecule has 2 atom stereocenters. The van der Waals surface area contributed by atoms with Crippen molar-refractivity contribution in [3.05, 3.63) is 48.5 Å². The molecule has 2 aliphatic heterocycles. The fourth-order valence-corrected chi connectivity index (χ4v) is 5.47. The first kappa shape index (κ1) is 17.3. The van der Waals surface area contributed by atoms with Crippen molar-refractivity contribution in [1.82, 2.24) is 14.9 Å². The van der Waals surface area contributed by atoms with Gasteiger partial charge in [-0.05, 0) is 49.7 Å². The van der Waals surface area contributed by atoms with Crippen LogP contribution in [0.2, 0.25) is 0 Å².